The molecule has 1 aromatic heterocycles. The van der Waals surface area contributed by atoms with Gasteiger partial charge in [0, 0.05) is 6.42 Å². The fourth-order valence-corrected chi connectivity index (χ4v) is 5.85. The van der Waals surface area contributed by atoms with Gasteiger partial charge in [0.2, 0.25) is 0 Å². The number of piperidine rings is 1. The molecular formula is C14H16Br2N2O3S. The lowest BCUT2D eigenvalue weighted by molar-refractivity contribution is -0.149. The highest BCUT2D eigenvalue weighted by atomic mass is 79.9. The molecule has 120 valence electrons. The van der Waals surface area contributed by atoms with E-state index in [0.29, 0.717) is 18.5 Å². The first-order valence-corrected chi connectivity index (χ1v) is 9.55. The topological polar surface area (TPSA) is 67.4 Å². The van der Waals surface area contributed by atoms with Crippen LogP contribution in [-0.2, 0) is 9.53 Å². The molecule has 1 atom stereocenters. The number of thiophene rings is 1. The van der Waals surface area contributed by atoms with E-state index in [9.17, 15) is 9.59 Å². The number of nitrogens with one attached hydrogen (secondary N) is 2. The molecule has 22 heavy (non-hydrogen) atoms. The van der Waals surface area contributed by atoms with Crippen molar-refractivity contribution in [2.45, 2.75) is 25.4 Å². The minimum atomic E-state index is -0.341. The van der Waals surface area contributed by atoms with Gasteiger partial charge < -0.3 is 15.4 Å². The highest BCUT2D eigenvalue weighted by Gasteiger charge is 2.49. The van der Waals surface area contributed by atoms with E-state index in [4.69, 9.17) is 4.74 Å². The van der Waals surface area contributed by atoms with Crippen LogP contribution >= 0.6 is 43.2 Å². The molecule has 0 radical (unpaired) electrons. The Morgan fingerprint density at radius 2 is 2.18 bits per heavy atom. The summed E-state index contributed by atoms with van der Waals surface area (Å²) in [5.41, 5.74) is 0.255. The van der Waals surface area contributed by atoms with Crippen molar-refractivity contribution in [1.29, 1.82) is 0 Å². The van der Waals surface area contributed by atoms with Crippen molar-refractivity contribution in [1.82, 2.24) is 10.6 Å². The lowest BCUT2D eigenvalue weighted by Gasteiger charge is -2.29. The molecule has 2 aliphatic heterocycles. The highest BCUT2D eigenvalue weighted by molar-refractivity contribution is 9.12. The zero-order valence-electron chi connectivity index (χ0n) is 11.8. The number of esters is 1. The molecule has 0 bridgehead atoms. The number of amides is 1. The minimum Gasteiger partial charge on any atom is -0.460 e. The normalized spacial score (nSPS) is 23.5. The molecule has 0 aliphatic carbocycles. The summed E-state index contributed by atoms with van der Waals surface area (Å²) < 4.78 is 7.16. The van der Waals surface area contributed by atoms with Crippen LogP contribution in [0.1, 0.15) is 29.6 Å². The average molecular weight is 452 g/mol. The van der Waals surface area contributed by atoms with Crippen molar-refractivity contribution in [3.63, 3.8) is 0 Å². The molecular weight excluding hydrogens is 436 g/mol. The van der Waals surface area contributed by atoms with Gasteiger partial charge in [0.05, 0.1) is 25.1 Å². The number of rotatable bonds is 3. The third kappa shape index (κ3) is 3.25. The molecule has 2 saturated heterocycles. The maximum atomic E-state index is 12.2. The molecule has 8 heteroatoms. The number of carbonyl (C=O) groups is 2. The van der Waals surface area contributed by atoms with Crippen LogP contribution in [-0.4, -0.2) is 37.6 Å². The lowest BCUT2D eigenvalue weighted by Crippen LogP contribution is -2.39. The monoisotopic (exact) mass is 450 g/mol. The van der Waals surface area contributed by atoms with Crippen LogP contribution in [0, 0.1) is 5.41 Å². The summed E-state index contributed by atoms with van der Waals surface area (Å²) in [6.07, 6.45) is 2.11. The molecule has 2 N–H and O–H groups in total. The first-order chi connectivity index (χ1) is 10.5. The van der Waals surface area contributed by atoms with E-state index >= 15 is 0 Å². The van der Waals surface area contributed by atoms with Gasteiger partial charge in [-0.25, -0.2) is 0 Å². The molecule has 0 saturated carbocycles. The van der Waals surface area contributed by atoms with Crippen LogP contribution in [0.15, 0.2) is 13.6 Å². The Morgan fingerprint density at radius 1 is 1.45 bits per heavy atom. The summed E-state index contributed by atoms with van der Waals surface area (Å²) in [7, 11) is 0. The summed E-state index contributed by atoms with van der Waals surface area (Å²) in [6, 6.07) is 1.78. The largest absolute Gasteiger partial charge is 0.460 e. The van der Waals surface area contributed by atoms with Gasteiger partial charge in [-0.15, -0.1) is 11.3 Å². The predicted molar refractivity (Wildman–Crippen MR) is 91.1 cm³/mol. The molecule has 1 unspecified atom stereocenters. The van der Waals surface area contributed by atoms with Crippen molar-refractivity contribution in [2.24, 2.45) is 5.41 Å². The summed E-state index contributed by atoms with van der Waals surface area (Å²) in [5.74, 6) is -0.260. The number of cyclic esters (lactones) is 1. The SMILES string of the molecule is O=C(NCC1CC2(CCNCC2)C(=O)O1)c1cc(Br)sc1Br. The predicted octanol–water partition coefficient (Wildman–Crippen LogP) is 2.69. The van der Waals surface area contributed by atoms with Gasteiger partial charge in [-0.1, -0.05) is 0 Å². The first-order valence-electron chi connectivity index (χ1n) is 7.15. The second-order valence-electron chi connectivity index (χ2n) is 5.71. The van der Waals surface area contributed by atoms with Crippen LogP contribution in [0.25, 0.3) is 0 Å². The molecule has 2 aliphatic rings. The lowest BCUT2D eigenvalue weighted by atomic mass is 9.76. The smallest absolute Gasteiger partial charge is 0.312 e. The van der Waals surface area contributed by atoms with Gasteiger partial charge in [-0.05, 0) is 63.9 Å². The van der Waals surface area contributed by atoms with Crippen LogP contribution in [0.3, 0.4) is 0 Å². The Morgan fingerprint density at radius 3 is 2.82 bits per heavy atom. The summed E-state index contributed by atoms with van der Waals surface area (Å²) in [4.78, 5) is 24.3. The molecule has 1 aromatic rings. The summed E-state index contributed by atoms with van der Waals surface area (Å²) in [6.45, 7) is 2.06. The Labute approximate surface area is 149 Å². The fourth-order valence-electron chi connectivity index (χ4n) is 3.06. The molecule has 5 nitrogen and oxygen atoms in total. The number of hydrogen-bond acceptors (Lipinski definition) is 5. The van der Waals surface area contributed by atoms with Gasteiger partial charge in [-0.2, -0.15) is 0 Å². The fraction of sp³-hybridized carbons (Fsp3) is 0.571. The quantitative estimate of drug-likeness (QED) is 0.693. The van der Waals surface area contributed by atoms with Crippen molar-refractivity contribution < 1.29 is 14.3 Å². The average Bonchev–Trinajstić information content (AvgIpc) is 2.98. The van der Waals surface area contributed by atoms with E-state index in [-0.39, 0.29) is 23.4 Å². The number of carbonyl (C=O) groups excluding carboxylic acids is 2. The Kier molecular flexibility index (Phi) is 4.92. The van der Waals surface area contributed by atoms with E-state index in [1.54, 1.807) is 6.07 Å². The molecule has 1 amide bonds. The summed E-state index contributed by atoms with van der Waals surface area (Å²) >= 11 is 8.19. The Hall–Kier alpha value is -0.440. The van der Waals surface area contributed by atoms with E-state index in [0.717, 1.165) is 33.5 Å². The zero-order valence-corrected chi connectivity index (χ0v) is 15.8. The van der Waals surface area contributed by atoms with Gasteiger partial charge in [0.15, 0.2) is 0 Å². The van der Waals surface area contributed by atoms with Crippen LogP contribution in [0.2, 0.25) is 0 Å². The minimum absolute atomic E-state index is 0.104. The molecule has 3 heterocycles. The van der Waals surface area contributed by atoms with E-state index in [2.05, 4.69) is 42.5 Å². The molecule has 2 fully saturated rings. The van der Waals surface area contributed by atoms with Crippen molar-refractivity contribution in [3.05, 3.63) is 19.2 Å². The van der Waals surface area contributed by atoms with E-state index < -0.39 is 0 Å². The Balaban J connectivity index is 1.57. The highest BCUT2D eigenvalue weighted by Crippen LogP contribution is 2.41. The van der Waals surface area contributed by atoms with Crippen LogP contribution in [0.5, 0.6) is 0 Å². The van der Waals surface area contributed by atoms with Gasteiger partial charge >= 0.3 is 5.97 Å². The second-order valence-corrected chi connectivity index (χ2v) is 9.46. The van der Waals surface area contributed by atoms with Crippen molar-refractivity contribution in [2.75, 3.05) is 19.6 Å². The van der Waals surface area contributed by atoms with E-state index in [1.165, 1.54) is 11.3 Å². The van der Waals surface area contributed by atoms with Crippen molar-refractivity contribution in [3.8, 4) is 0 Å². The standard InChI is InChI=1S/C14H16Br2N2O3S/c15-10-5-9(11(16)22-10)12(19)18-7-8-6-14(13(20)21-8)1-3-17-4-2-14/h5,8,17H,1-4,6-7H2,(H,18,19). The number of hydrogen-bond donors (Lipinski definition) is 2. The van der Waals surface area contributed by atoms with Crippen molar-refractivity contribution >= 4 is 55.1 Å². The Bertz CT molecular complexity index is 599. The zero-order chi connectivity index (χ0) is 15.7. The van der Waals surface area contributed by atoms with Gasteiger partial charge in [0.1, 0.15) is 6.10 Å². The van der Waals surface area contributed by atoms with E-state index in [1.807, 2.05) is 0 Å². The van der Waals surface area contributed by atoms with Crippen LogP contribution in [0.4, 0.5) is 0 Å². The number of ether oxygens (including phenoxy) is 1. The molecule has 0 aromatic carbocycles. The molecule has 1 spiro atoms. The van der Waals surface area contributed by atoms with Gasteiger partial charge in [-0.3, -0.25) is 9.59 Å². The summed E-state index contributed by atoms with van der Waals surface area (Å²) in [5, 5.41) is 6.13. The van der Waals surface area contributed by atoms with Crippen LogP contribution < -0.4 is 10.6 Å². The second kappa shape index (κ2) is 6.59. The molecule has 3 rings (SSSR count). The third-order valence-electron chi connectivity index (χ3n) is 4.28. The maximum absolute atomic E-state index is 12.2. The first kappa shape index (κ1) is 16.4. The van der Waals surface area contributed by atoms with Gasteiger partial charge in [0.25, 0.3) is 5.91 Å². The third-order valence-corrected chi connectivity index (χ3v) is 6.62. The number of halogens is 2. The maximum Gasteiger partial charge on any atom is 0.312 e.